The van der Waals surface area contributed by atoms with Crippen LogP contribution in [0, 0.1) is 0 Å². The lowest BCUT2D eigenvalue weighted by atomic mass is 9.83. The van der Waals surface area contributed by atoms with Crippen LogP contribution in [-0.4, -0.2) is 0 Å². The maximum absolute atomic E-state index is 2.42. The first kappa shape index (κ1) is 37.9. The molecular weight excluding hydrogens is 793 g/mol. The quantitative estimate of drug-likeness (QED) is 0.146. The number of hydrogen-bond acceptors (Lipinski definition) is 0. The van der Waals surface area contributed by atoms with Gasteiger partial charge >= 0.3 is 0 Å². The topological polar surface area (TPSA) is 0 Å². The van der Waals surface area contributed by atoms with Crippen molar-refractivity contribution in [2.75, 3.05) is 0 Å². The smallest absolute Gasteiger partial charge is 0.00201 e. The van der Waals surface area contributed by atoms with Crippen molar-refractivity contribution in [2.24, 2.45) is 0 Å². The van der Waals surface area contributed by atoms with Gasteiger partial charge in [-0.2, -0.15) is 0 Å². The van der Waals surface area contributed by atoms with E-state index >= 15 is 0 Å². The minimum absolute atomic E-state index is 1.19. The summed E-state index contributed by atoms with van der Waals surface area (Å²) in [6, 6.07) is 94.1. The Balaban J connectivity index is 0.982. The average Bonchev–Trinajstić information content (AvgIpc) is 3.39. The molecule has 13 aromatic rings. The number of rotatable bonds is 6. The Hall–Kier alpha value is -8.58. The molecule has 306 valence electrons. The molecule has 0 fully saturated rings. The van der Waals surface area contributed by atoms with Crippen LogP contribution in [-0.2, 0) is 0 Å². The van der Waals surface area contributed by atoms with E-state index < -0.39 is 0 Å². The first-order valence-electron chi connectivity index (χ1n) is 22.9. The van der Waals surface area contributed by atoms with Crippen molar-refractivity contribution in [1.29, 1.82) is 0 Å². The SMILES string of the molecule is c1ccc(-c2c3ccccc3c(-c3ccc(-c4cc5ccccc5cc4-c4cccc(-c5c6ccccc6c(-c6cccc7ccccc67)c6ccccc56)c4)cc3)c3ccccc23)cc1. The van der Waals surface area contributed by atoms with Crippen LogP contribution in [0.3, 0.4) is 0 Å². The van der Waals surface area contributed by atoms with Gasteiger partial charge in [0.15, 0.2) is 0 Å². The van der Waals surface area contributed by atoms with Crippen molar-refractivity contribution in [3.05, 3.63) is 255 Å². The highest BCUT2D eigenvalue weighted by molar-refractivity contribution is 6.24. The molecule has 13 rings (SSSR count). The summed E-state index contributed by atoms with van der Waals surface area (Å²) in [6.07, 6.45) is 0. The van der Waals surface area contributed by atoms with Gasteiger partial charge in [-0.15, -0.1) is 0 Å². The fraction of sp³-hybridized carbons (Fsp3) is 0. The zero-order valence-corrected chi connectivity index (χ0v) is 36.2. The van der Waals surface area contributed by atoms with E-state index in [1.165, 1.54) is 131 Å². The molecule has 0 nitrogen and oxygen atoms in total. The van der Waals surface area contributed by atoms with E-state index in [-0.39, 0.29) is 0 Å². The first-order chi connectivity index (χ1) is 32.8. The third kappa shape index (κ3) is 6.15. The van der Waals surface area contributed by atoms with Crippen LogP contribution in [0.5, 0.6) is 0 Å². The number of benzene rings is 13. The van der Waals surface area contributed by atoms with Gasteiger partial charge in [0, 0.05) is 0 Å². The predicted molar refractivity (Wildman–Crippen MR) is 284 cm³/mol. The summed E-state index contributed by atoms with van der Waals surface area (Å²) in [7, 11) is 0. The highest BCUT2D eigenvalue weighted by Crippen LogP contribution is 2.48. The van der Waals surface area contributed by atoms with Crippen LogP contribution in [0.15, 0.2) is 255 Å². The lowest BCUT2D eigenvalue weighted by Gasteiger charge is -2.20. The molecule has 0 atom stereocenters. The normalized spacial score (nSPS) is 11.6. The van der Waals surface area contributed by atoms with E-state index in [2.05, 4.69) is 255 Å². The van der Waals surface area contributed by atoms with Crippen molar-refractivity contribution < 1.29 is 0 Å². The Labute approximate surface area is 384 Å². The molecule has 0 saturated heterocycles. The van der Waals surface area contributed by atoms with E-state index in [0.29, 0.717) is 0 Å². The molecule has 0 unspecified atom stereocenters. The minimum Gasteiger partial charge on any atom is -0.0622 e. The Morgan fingerprint density at radius 3 is 1.02 bits per heavy atom. The monoisotopic (exact) mass is 834 g/mol. The van der Waals surface area contributed by atoms with Gasteiger partial charge in [-0.05, 0) is 150 Å². The summed E-state index contributed by atoms with van der Waals surface area (Å²) in [5.74, 6) is 0. The first-order valence-corrected chi connectivity index (χ1v) is 22.9. The van der Waals surface area contributed by atoms with Gasteiger partial charge < -0.3 is 0 Å². The van der Waals surface area contributed by atoms with Crippen molar-refractivity contribution in [3.63, 3.8) is 0 Å². The fourth-order valence-corrected chi connectivity index (χ4v) is 10.9. The molecule has 0 bridgehead atoms. The maximum atomic E-state index is 2.42. The minimum atomic E-state index is 1.19. The van der Waals surface area contributed by atoms with E-state index in [1.807, 2.05) is 0 Å². The van der Waals surface area contributed by atoms with Gasteiger partial charge in [0.1, 0.15) is 0 Å². The molecule has 0 N–H and O–H groups in total. The van der Waals surface area contributed by atoms with Crippen LogP contribution in [0.4, 0.5) is 0 Å². The Morgan fingerprint density at radius 1 is 0.152 bits per heavy atom. The van der Waals surface area contributed by atoms with Crippen molar-refractivity contribution in [2.45, 2.75) is 0 Å². The van der Waals surface area contributed by atoms with Gasteiger partial charge in [0.25, 0.3) is 0 Å². The van der Waals surface area contributed by atoms with E-state index in [9.17, 15) is 0 Å². The van der Waals surface area contributed by atoms with Crippen LogP contribution in [0.1, 0.15) is 0 Å². The molecular formula is C66H42. The Bertz CT molecular complexity index is 3910. The molecule has 0 radical (unpaired) electrons. The molecule has 13 aromatic carbocycles. The van der Waals surface area contributed by atoms with Gasteiger partial charge in [0.05, 0.1) is 0 Å². The second-order valence-corrected chi connectivity index (χ2v) is 17.5. The third-order valence-corrected chi connectivity index (χ3v) is 13.8. The van der Waals surface area contributed by atoms with E-state index in [4.69, 9.17) is 0 Å². The van der Waals surface area contributed by atoms with Crippen molar-refractivity contribution in [3.8, 4) is 66.8 Å². The highest BCUT2D eigenvalue weighted by Gasteiger charge is 2.20. The molecule has 0 aromatic heterocycles. The van der Waals surface area contributed by atoms with E-state index in [1.54, 1.807) is 0 Å². The van der Waals surface area contributed by atoms with Crippen LogP contribution in [0.25, 0.3) is 131 Å². The molecule has 0 aliphatic heterocycles. The zero-order valence-electron chi connectivity index (χ0n) is 36.2. The van der Waals surface area contributed by atoms with Gasteiger partial charge in [0.2, 0.25) is 0 Å². The summed E-state index contributed by atoms with van der Waals surface area (Å²) in [4.78, 5) is 0. The molecule has 66 heavy (non-hydrogen) atoms. The molecule has 0 spiro atoms. The predicted octanol–water partition coefficient (Wildman–Crippen LogP) is 18.6. The van der Waals surface area contributed by atoms with Crippen LogP contribution < -0.4 is 0 Å². The molecule has 0 aliphatic rings. The van der Waals surface area contributed by atoms with E-state index in [0.717, 1.165) is 0 Å². The van der Waals surface area contributed by atoms with Crippen LogP contribution >= 0.6 is 0 Å². The van der Waals surface area contributed by atoms with Gasteiger partial charge in [-0.3, -0.25) is 0 Å². The summed E-state index contributed by atoms with van der Waals surface area (Å²) in [6.45, 7) is 0. The summed E-state index contributed by atoms with van der Waals surface area (Å²) in [5.41, 5.74) is 14.8. The molecule has 0 saturated carbocycles. The third-order valence-electron chi connectivity index (χ3n) is 13.8. The molecule has 0 heterocycles. The summed E-state index contributed by atoms with van der Waals surface area (Å²) in [5, 5.41) is 15.0. The zero-order chi connectivity index (χ0) is 43.6. The van der Waals surface area contributed by atoms with Gasteiger partial charge in [-0.25, -0.2) is 0 Å². The second-order valence-electron chi connectivity index (χ2n) is 17.5. The molecule has 0 amide bonds. The Morgan fingerprint density at radius 2 is 0.485 bits per heavy atom. The van der Waals surface area contributed by atoms with Crippen LogP contribution in [0.2, 0.25) is 0 Å². The lowest BCUT2D eigenvalue weighted by molar-refractivity contribution is 1.59. The lowest BCUT2D eigenvalue weighted by Crippen LogP contribution is -1.93. The molecule has 0 aliphatic carbocycles. The van der Waals surface area contributed by atoms with Crippen molar-refractivity contribution >= 4 is 64.6 Å². The van der Waals surface area contributed by atoms with Gasteiger partial charge in [-0.1, -0.05) is 237 Å². The largest absolute Gasteiger partial charge is 0.0622 e. The summed E-state index contributed by atoms with van der Waals surface area (Å²) < 4.78 is 0. The average molecular weight is 835 g/mol. The molecule has 0 heteroatoms. The number of fused-ring (bicyclic) bond motifs is 6. The standard InChI is InChI=1S/C66H42/c1-2-19-45(20-3-1)63-53-27-8-10-29-55(53)64(56-30-11-9-28-54(56)63)46-38-36-44(37-39-46)61-41-47-21-4-5-22-48(47)42-62(61)49-24-16-25-50(40-49)65-57-31-12-14-33-59(57)66(60-34-15-13-32-58(60)65)52-35-17-23-43-18-6-7-26-51(43)52/h1-42H. The second kappa shape index (κ2) is 15.6. The fourth-order valence-electron chi connectivity index (χ4n) is 10.9. The summed E-state index contributed by atoms with van der Waals surface area (Å²) >= 11 is 0. The van der Waals surface area contributed by atoms with Crippen molar-refractivity contribution in [1.82, 2.24) is 0 Å². The number of hydrogen-bond donors (Lipinski definition) is 0. The Kier molecular flexibility index (Phi) is 8.96. The maximum Gasteiger partial charge on any atom is -0.00201 e. The highest BCUT2D eigenvalue weighted by atomic mass is 14.2.